The van der Waals surface area contributed by atoms with E-state index in [4.69, 9.17) is 4.74 Å². The molecule has 1 amide bonds. The molecule has 1 N–H and O–H groups in total. The Balaban J connectivity index is 1.86. The molecule has 6 nitrogen and oxygen atoms in total. The van der Waals surface area contributed by atoms with Crippen molar-refractivity contribution in [3.63, 3.8) is 0 Å². The number of ether oxygens (including phenoxy) is 2. The van der Waals surface area contributed by atoms with Gasteiger partial charge in [-0.25, -0.2) is 4.79 Å². The maximum Gasteiger partial charge on any atom is 0.337 e. The molecule has 2 rings (SSSR count). The zero-order chi connectivity index (χ0) is 18.9. The van der Waals surface area contributed by atoms with Crippen LogP contribution in [0.4, 0.5) is 0 Å². The minimum absolute atomic E-state index is 0.124. The van der Waals surface area contributed by atoms with E-state index in [1.165, 1.54) is 13.2 Å². The number of methoxy groups -OCH3 is 1. The first kappa shape index (κ1) is 20.1. The van der Waals surface area contributed by atoms with Crippen LogP contribution in [0.5, 0.6) is 0 Å². The van der Waals surface area contributed by atoms with Crippen molar-refractivity contribution in [1.82, 2.24) is 10.2 Å². The van der Waals surface area contributed by atoms with Crippen molar-refractivity contribution in [2.45, 2.75) is 19.9 Å². The molecule has 6 heteroatoms. The molecule has 0 bridgehead atoms. The van der Waals surface area contributed by atoms with E-state index in [-0.39, 0.29) is 11.9 Å². The lowest BCUT2D eigenvalue weighted by Crippen LogP contribution is -2.51. The summed E-state index contributed by atoms with van der Waals surface area (Å²) in [4.78, 5) is 25.9. The van der Waals surface area contributed by atoms with E-state index in [0.717, 1.165) is 31.9 Å². The van der Waals surface area contributed by atoms with Gasteiger partial charge < -0.3 is 14.8 Å². The lowest BCUT2D eigenvalue weighted by atomic mass is 10.0. The Morgan fingerprint density at radius 2 is 1.88 bits per heavy atom. The maximum absolute atomic E-state index is 12.1. The predicted octanol–water partition coefficient (Wildman–Crippen LogP) is 1.96. The molecule has 0 aromatic heterocycles. The number of hydrogen-bond donors (Lipinski definition) is 1. The topological polar surface area (TPSA) is 67.9 Å². The first-order chi connectivity index (χ1) is 12.5. The normalized spacial score (nSPS) is 16.6. The van der Waals surface area contributed by atoms with Crippen molar-refractivity contribution in [2.24, 2.45) is 5.92 Å². The van der Waals surface area contributed by atoms with Crippen LogP contribution in [0.2, 0.25) is 0 Å². The van der Waals surface area contributed by atoms with Crippen molar-refractivity contribution >= 4 is 18.0 Å². The summed E-state index contributed by atoms with van der Waals surface area (Å²) in [6.07, 6.45) is 3.25. The summed E-state index contributed by atoms with van der Waals surface area (Å²) in [5.74, 6) is -0.0506. The molecule has 0 radical (unpaired) electrons. The third-order valence-electron chi connectivity index (χ3n) is 4.53. The van der Waals surface area contributed by atoms with Crippen molar-refractivity contribution in [3.05, 3.63) is 41.5 Å². The van der Waals surface area contributed by atoms with Crippen molar-refractivity contribution < 1.29 is 19.1 Å². The van der Waals surface area contributed by atoms with Crippen molar-refractivity contribution in [1.29, 1.82) is 0 Å². The van der Waals surface area contributed by atoms with Gasteiger partial charge in [0.2, 0.25) is 5.91 Å². The second-order valence-corrected chi connectivity index (χ2v) is 6.65. The zero-order valence-electron chi connectivity index (χ0n) is 15.7. The molecular weight excluding hydrogens is 332 g/mol. The highest BCUT2D eigenvalue weighted by molar-refractivity contribution is 5.92. The smallest absolute Gasteiger partial charge is 0.337 e. The van der Waals surface area contributed by atoms with Crippen LogP contribution < -0.4 is 5.32 Å². The highest BCUT2D eigenvalue weighted by Gasteiger charge is 2.23. The van der Waals surface area contributed by atoms with Crippen LogP contribution in [-0.2, 0) is 14.3 Å². The number of carbonyl (C=O) groups excluding carboxylic acids is 2. The Kier molecular flexibility index (Phi) is 7.81. The van der Waals surface area contributed by atoms with Gasteiger partial charge in [-0.2, -0.15) is 0 Å². The zero-order valence-corrected chi connectivity index (χ0v) is 15.7. The van der Waals surface area contributed by atoms with Crippen LogP contribution in [-0.4, -0.2) is 62.8 Å². The largest absolute Gasteiger partial charge is 0.465 e. The first-order valence-corrected chi connectivity index (χ1v) is 8.97. The summed E-state index contributed by atoms with van der Waals surface area (Å²) in [7, 11) is 1.35. The minimum atomic E-state index is -0.374. The molecule has 0 spiro atoms. The Morgan fingerprint density at radius 1 is 1.23 bits per heavy atom. The molecule has 1 unspecified atom stereocenters. The maximum atomic E-state index is 12.1. The highest BCUT2D eigenvalue weighted by atomic mass is 16.5. The summed E-state index contributed by atoms with van der Waals surface area (Å²) >= 11 is 0. The predicted molar refractivity (Wildman–Crippen MR) is 101 cm³/mol. The van der Waals surface area contributed by atoms with E-state index in [1.54, 1.807) is 30.3 Å². The molecule has 1 saturated heterocycles. The van der Waals surface area contributed by atoms with Gasteiger partial charge in [-0.3, -0.25) is 9.69 Å². The lowest BCUT2D eigenvalue weighted by molar-refractivity contribution is -0.116. The molecule has 1 aromatic carbocycles. The lowest BCUT2D eigenvalue weighted by Gasteiger charge is -2.36. The van der Waals surface area contributed by atoms with Gasteiger partial charge in [-0.1, -0.05) is 26.0 Å². The monoisotopic (exact) mass is 360 g/mol. The third kappa shape index (κ3) is 5.97. The van der Waals surface area contributed by atoms with E-state index in [9.17, 15) is 9.59 Å². The number of rotatable bonds is 7. The fourth-order valence-corrected chi connectivity index (χ4v) is 2.98. The van der Waals surface area contributed by atoms with E-state index < -0.39 is 0 Å². The number of morpholine rings is 1. The minimum Gasteiger partial charge on any atom is -0.465 e. The fraction of sp³-hybridized carbons (Fsp3) is 0.500. The van der Waals surface area contributed by atoms with Crippen molar-refractivity contribution in [3.8, 4) is 0 Å². The van der Waals surface area contributed by atoms with E-state index >= 15 is 0 Å². The van der Waals surface area contributed by atoms with Gasteiger partial charge >= 0.3 is 5.97 Å². The number of carbonyl (C=O) groups is 2. The summed E-state index contributed by atoms with van der Waals surface area (Å²) < 4.78 is 10.1. The Hall–Kier alpha value is -2.18. The molecule has 1 heterocycles. The number of amides is 1. The SMILES string of the molecule is COC(=O)c1ccc(/C=C/C(=O)NCC(C(C)C)N2CCOCC2)cc1. The summed E-state index contributed by atoms with van der Waals surface area (Å²) in [6, 6.07) is 7.21. The van der Waals surface area contributed by atoms with Crippen LogP contribution in [0.3, 0.4) is 0 Å². The molecule has 26 heavy (non-hydrogen) atoms. The van der Waals surface area contributed by atoms with Crippen LogP contribution in [0.15, 0.2) is 30.3 Å². The number of benzene rings is 1. The van der Waals surface area contributed by atoms with Crippen LogP contribution in [0.1, 0.15) is 29.8 Å². The Bertz CT molecular complexity index is 619. The van der Waals surface area contributed by atoms with Gasteiger partial charge in [-0.15, -0.1) is 0 Å². The molecular formula is C20H28N2O4. The molecule has 1 fully saturated rings. The van der Waals surface area contributed by atoms with Gasteiger partial charge in [0.25, 0.3) is 0 Å². The molecule has 1 aliphatic heterocycles. The third-order valence-corrected chi connectivity index (χ3v) is 4.53. The van der Waals surface area contributed by atoms with E-state index in [1.807, 2.05) is 0 Å². The molecule has 1 atom stereocenters. The van der Waals surface area contributed by atoms with Crippen molar-refractivity contribution in [2.75, 3.05) is 40.0 Å². The Morgan fingerprint density at radius 3 is 2.46 bits per heavy atom. The standard InChI is InChI=1S/C20H28N2O4/c1-15(2)18(22-10-12-26-13-11-22)14-21-19(23)9-6-16-4-7-17(8-5-16)20(24)25-3/h4-9,15,18H,10-14H2,1-3H3,(H,21,23)/b9-6+. The fourth-order valence-electron chi connectivity index (χ4n) is 2.98. The summed E-state index contributed by atoms with van der Waals surface area (Å²) in [5.41, 5.74) is 1.33. The highest BCUT2D eigenvalue weighted by Crippen LogP contribution is 2.12. The number of esters is 1. The number of nitrogens with one attached hydrogen (secondary N) is 1. The average Bonchev–Trinajstić information content (AvgIpc) is 2.67. The second kappa shape index (κ2) is 10.1. The molecule has 1 aromatic rings. The molecule has 0 aliphatic carbocycles. The van der Waals surface area contributed by atoms with Gasteiger partial charge in [0.05, 0.1) is 25.9 Å². The van der Waals surface area contributed by atoms with Crippen LogP contribution in [0, 0.1) is 5.92 Å². The van der Waals surface area contributed by atoms with E-state index in [2.05, 4.69) is 28.8 Å². The van der Waals surface area contributed by atoms with Gasteiger partial charge in [0.15, 0.2) is 0 Å². The number of nitrogens with zero attached hydrogens (tertiary/aromatic N) is 1. The average molecular weight is 360 g/mol. The Labute approximate surface area is 155 Å². The van der Waals surface area contributed by atoms with Gasteiger partial charge in [0.1, 0.15) is 0 Å². The summed E-state index contributed by atoms with van der Waals surface area (Å²) in [5, 5.41) is 2.99. The molecule has 1 aliphatic rings. The first-order valence-electron chi connectivity index (χ1n) is 8.97. The molecule has 142 valence electrons. The van der Waals surface area contributed by atoms with E-state index in [0.29, 0.717) is 24.1 Å². The van der Waals surface area contributed by atoms with Crippen LogP contribution in [0.25, 0.3) is 6.08 Å². The van der Waals surface area contributed by atoms with Gasteiger partial charge in [0, 0.05) is 31.8 Å². The summed E-state index contributed by atoms with van der Waals surface area (Å²) in [6.45, 7) is 8.26. The molecule has 0 saturated carbocycles. The number of hydrogen-bond acceptors (Lipinski definition) is 5. The second-order valence-electron chi connectivity index (χ2n) is 6.65. The van der Waals surface area contributed by atoms with Gasteiger partial charge in [-0.05, 0) is 29.7 Å². The van der Waals surface area contributed by atoms with Crippen LogP contribution >= 0.6 is 0 Å². The quantitative estimate of drug-likeness (QED) is 0.595.